The van der Waals surface area contributed by atoms with Crippen molar-refractivity contribution in [2.45, 2.75) is 12.3 Å². The number of carbonyl (C=O) groups is 1. The standard InChI is InChI=1S/C17H20N2O3S/c18-23(21,22)13-7-12-19-17(20)16(14-8-3-1-4-9-14)15-10-5-2-6-11-15/h1-6,8-11,16H,7,12-13H2,(H,19,20)(H2,18,21,22). The lowest BCUT2D eigenvalue weighted by Gasteiger charge is -2.17. The number of benzene rings is 2. The van der Waals surface area contributed by atoms with E-state index < -0.39 is 15.9 Å². The maximum Gasteiger partial charge on any atom is 0.232 e. The summed E-state index contributed by atoms with van der Waals surface area (Å²) in [6.45, 7) is 0.269. The molecule has 0 aromatic heterocycles. The molecule has 2 rings (SSSR count). The first-order valence-corrected chi connectivity index (χ1v) is 9.07. The molecule has 0 aliphatic rings. The molecule has 3 N–H and O–H groups in total. The highest BCUT2D eigenvalue weighted by molar-refractivity contribution is 7.89. The van der Waals surface area contributed by atoms with Crippen LogP contribution in [0.1, 0.15) is 23.5 Å². The van der Waals surface area contributed by atoms with Gasteiger partial charge in [-0.2, -0.15) is 0 Å². The van der Waals surface area contributed by atoms with Crippen LogP contribution >= 0.6 is 0 Å². The van der Waals surface area contributed by atoms with Gasteiger partial charge in [0.05, 0.1) is 11.7 Å². The summed E-state index contributed by atoms with van der Waals surface area (Å²) in [5.41, 5.74) is 1.78. The van der Waals surface area contributed by atoms with Crippen molar-refractivity contribution in [3.8, 4) is 0 Å². The van der Waals surface area contributed by atoms with Gasteiger partial charge in [0, 0.05) is 6.54 Å². The minimum Gasteiger partial charge on any atom is -0.355 e. The van der Waals surface area contributed by atoms with Gasteiger partial charge in [0.1, 0.15) is 0 Å². The summed E-state index contributed by atoms with van der Waals surface area (Å²) in [6, 6.07) is 19.0. The van der Waals surface area contributed by atoms with Gasteiger partial charge in [0.2, 0.25) is 15.9 Å². The van der Waals surface area contributed by atoms with Crippen LogP contribution in [0.25, 0.3) is 0 Å². The van der Waals surface area contributed by atoms with E-state index in [0.29, 0.717) is 6.42 Å². The molecule has 23 heavy (non-hydrogen) atoms. The highest BCUT2D eigenvalue weighted by Gasteiger charge is 2.22. The van der Waals surface area contributed by atoms with Crippen LogP contribution < -0.4 is 10.5 Å². The van der Waals surface area contributed by atoms with Gasteiger partial charge in [-0.15, -0.1) is 0 Å². The van der Waals surface area contributed by atoms with Crippen LogP contribution in [0.15, 0.2) is 60.7 Å². The van der Waals surface area contributed by atoms with E-state index in [-0.39, 0.29) is 18.2 Å². The molecule has 2 aromatic rings. The minimum atomic E-state index is -3.50. The molecule has 5 nitrogen and oxygen atoms in total. The van der Waals surface area contributed by atoms with Crippen LogP contribution in [0, 0.1) is 0 Å². The predicted octanol–water partition coefficient (Wildman–Crippen LogP) is 1.61. The van der Waals surface area contributed by atoms with Crippen LogP contribution in [0.4, 0.5) is 0 Å². The molecule has 6 heteroatoms. The first-order valence-electron chi connectivity index (χ1n) is 7.35. The Balaban J connectivity index is 2.10. The number of nitrogens with one attached hydrogen (secondary N) is 1. The third kappa shape index (κ3) is 5.50. The maximum absolute atomic E-state index is 12.6. The van der Waals surface area contributed by atoms with Gasteiger partial charge in [-0.1, -0.05) is 60.7 Å². The smallest absolute Gasteiger partial charge is 0.232 e. The van der Waals surface area contributed by atoms with Crippen molar-refractivity contribution in [1.82, 2.24) is 5.32 Å². The van der Waals surface area contributed by atoms with Crippen molar-refractivity contribution >= 4 is 15.9 Å². The second kappa shape index (κ2) is 7.89. The topological polar surface area (TPSA) is 89.3 Å². The molecule has 0 radical (unpaired) electrons. The summed E-state index contributed by atoms with van der Waals surface area (Å²) in [5, 5.41) is 7.75. The van der Waals surface area contributed by atoms with Crippen molar-refractivity contribution in [2.75, 3.05) is 12.3 Å². The lowest BCUT2D eigenvalue weighted by molar-refractivity contribution is -0.121. The number of hydrogen-bond donors (Lipinski definition) is 2. The predicted molar refractivity (Wildman–Crippen MR) is 90.3 cm³/mol. The first kappa shape index (κ1) is 17.2. The SMILES string of the molecule is NS(=O)(=O)CCCNC(=O)C(c1ccccc1)c1ccccc1. The van der Waals surface area contributed by atoms with E-state index in [1.165, 1.54) is 0 Å². The summed E-state index contributed by atoms with van der Waals surface area (Å²) < 4.78 is 21.8. The fourth-order valence-electron chi connectivity index (χ4n) is 2.37. The monoisotopic (exact) mass is 332 g/mol. The van der Waals surface area contributed by atoms with Gasteiger partial charge < -0.3 is 5.32 Å². The zero-order chi connectivity index (χ0) is 16.7. The number of primary sulfonamides is 1. The van der Waals surface area contributed by atoms with E-state index in [4.69, 9.17) is 5.14 Å². The molecular formula is C17H20N2O3S. The van der Waals surface area contributed by atoms with Crippen molar-refractivity contribution in [3.63, 3.8) is 0 Å². The van der Waals surface area contributed by atoms with E-state index in [1.807, 2.05) is 60.7 Å². The summed E-state index contributed by atoms with van der Waals surface area (Å²) in [4.78, 5) is 12.6. The van der Waals surface area contributed by atoms with E-state index >= 15 is 0 Å². The molecule has 0 aliphatic carbocycles. The lowest BCUT2D eigenvalue weighted by Crippen LogP contribution is -2.32. The highest BCUT2D eigenvalue weighted by Crippen LogP contribution is 2.24. The van der Waals surface area contributed by atoms with E-state index in [0.717, 1.165) is 11.1 Å². The molecule has 0 saturated heterocycles. The zero-order valence-electron chi connectivity index (χ0n) is 12.7. The number of rotatable bonds is 7. The molecular weight excluding hydrogens is 312 g/mol. The van der Waals surface area contributed by atoms with Crippen LogP contribution in [0.3, 0.4) is 0 Å². The minimum absolute atomic E-state index is 0.144. The number of nitrogens with two attached hydrogens (primary N) is 1. The average Bonchev–Trinajstić information content (AvgIpc) is 2.53. The number of sulfonamides is 1. The van der Waals surface area contributed by atoms with Gasteiger partial charge in [-0.25, -0.2) is 13.6 Å². The van der Waals surface area contributed by atoms with Gasteiger partial charge in [-0.05, 0) is 17.5 Å². The molecule has 122 valence electrons. The largest absolute Gasteiger partial charge is 0.355 e. The number of carbonyl (C=O) groups excluding carboxylic acids is 1. The summed E-state index contributed by atoms with van der Waals surface area (Å²) in [7, 11) is -3.50. The lowest BCUT2D eigenvalue weighted by atomic mass is 9.90. The fourth-order valence-corrected chi connectivity index (χ4v) is 2.92. The van der Waals surface area contributed by atoms with E-state index in [2.05, 4.69) is 5.32 Å². The first-order chi connectivity index (χ1) is 11.0. The summed E-state index contributed by atoms with van der Waals surface area (Å²) >= 11 is 0. The summed E-state index contributed by atoms with van der Waals surface area (Å²) in [5.74, 6) is -0.724. The Morgan fingerprint density at radius 3 is 1.87 bits per heavy atom. The fraction of sp³-hybridized carbons (Fsp3) is 0.235. The van der Waals surface area contributed by atoms with Gasteiger partial charge in [-0.3, -0.25) is 4.79 Å². The average molecular weight is 332 g/mol. The Bertz CT molecular complexity index is 691. The molecule has 2 aromatic carbocycles. The Hall–Kier alpha value is -2.18. The normalized spacial score (nSPS) is 11.4. The number of amides is 1. The van der Waals surface area contributed by atoms with Gasteiger partial charge >= 0.3 is 0 Å². The summed E-state index contributed by atoms with van der Waals surface area (Å²) in [6.07, 6.45) is 0.293. The van der Waals surface area contributed by atoms with E-state index in [1.54, 1.807) is 0 Å². The molecule has 0 bridgehead atoms. The molecule has 0 spiro atoms. The molecule has 0 aliphatic heterocycles. The van der Waals surface area contributed by atoms with Crippen molar-refractivity contribution in [3.05, 3.63) is 71.8 Å². The van der Waals surface area contributed by atoms with Crippen molar-refractivity contribution < 1.29 is 13.2 Å². The third-order valence-electron chi connectivity index (χ3n) is 3.43. The molecule has 0 atom stereocenters. The molecule has 0 heterocycles. The molecule has 0 saturated carbocycles. The quantitative estimate of drug-likeness (QED) is 0.755. The van der Waals surface area contributed by atoms with Gasteiger partial charge in [0.15, 0.2) is 0 Å². The van der Waals surface area contributed by atoms with Crippen LogP contribution in [-0.2, 0) is 14.8 Å². The molecule has 0 unspecified atom stereocenters. The van der Waals surface area contributed by atoms with Crippen LogP contribution in [0.2, 0.25) is 0 Å². The Labute approximate surface area is 136 Å². The highest BCUT2D eigenvalue weighted by atomic mass is 32.2. The van der Waals surface area contributed by atoms with E-state index in [9.17, 15) is 13.2 Å². The van der Waals surface area contributed by atoms with Gasteiger partial charge in [0.25, 0.3) is 0 Å². The maximum atomic E-state index is 12.6. The molecule has 0 fully saturated rings. The Morgan fingerprint density at radius 1 is 0.957 bits per heavy atom. The third-order valence-corrected chi connectivity index (χ3v) is 4.29. The molecule has 1 amide bonds. The number of hydrogen-bond acceptors (Lipinski definition) is 3. The van der Waals surface area contributed by atoms with Crippen molar-refractivity contribution in [2.24, 2.45) is 5.14 Å². The van der Waals surface area contributed by atoms with Crippen LogP contribution in [0.5, 0.6) is 0 Å². The zero-order valence-corrected chi connectivity index (χ0v) is 13.5. The Morgan fingerprint density at radius 2 is 1.43 bits per heavy atom. The Kier molecular flexibility index (Phi) is 5.90. The van der Waals surface area contributed by atoms with Crippen LogP contribution in [-0.4, -0.2) is 26.6 Å². The second-order valence-electron chi connectivity index (χ2n) is 5.27. The van der Waals surface area contributed by atoms with Crippen molar-refractivity contribution in [1.29, 1.82) is 0 Å². The second-order valence-corrected chi connectivity index (χ2v) is 7.00.